The molecule has 0 aliphatic heterocycles. The molecule has 2 aromatic rings. The Balaban J connectivity index is 2.13. The molecular weight excluding hydrogens is 240 g/mol. The van der Waals surface area contributed by atoms with Gasteiger partial charge in [0.25, 0.3) is 0 Å². The maximum Gasteiger partial charge on any atom is 0.141 e. The van der Waals surface area contributed by atoms with Gasteiger partial charge in [-0.1, -0.05) is 12.1 Å². The van der Waals surface area contributed by atoms with Crippen molar-refractivity contribution in [3.63, 3.8) is 0 Å². The predicted octanol–water partition coefficient (Wildman–Crippen LogP) is 2.01. The zero-order chi connectivity index (χ0) is 13.7. The van der Waals surface area contributed by atoms with Crippen LogP contribution in [0.3, 0.4) is 0 Å². The number of nitrogens with two attached hydrogens (primary N) is 1. The van der Waals surface area contributed by atoms with Crippen molar-refractivity contribution < 1.29 is 4.74 Å². The first kappa shape index (κ1) is 13.2. The van der Waals surface area contributed by atoms with Gasteiger partial charge in [0.1, 0.15) is 11.6 Å². The molecule has 0 atom stereocenters. The number of pyridine rings is 1. The summed E-state index contributed by atoms with van der Waals surface area (Å²) in [7, 11) is 3.69. The number of hydrogen-bond acceptors (Lipinski definition) is 5. The third-order valence-corrected chi connectivity index (χ3v) is 2.89. The number of methoxy groups -OCH3 is 1. The number of nitrogen functional groups attached to an aromatic ring is 1. The molecule has 0 unspecified atom stereocenters. The monoisotopic (exact) mass is 258 g/mol. The van der Waals surface area contributed by atoms with Gasteiger partial charge in [-0.3, -0.25) is 0 Å². The highest BCUT2D eigenvalue weighted by Crippen LogP contribution is 2.19. The molecule has 0 aliphatic carbocycles. The van der Waals surface area contributed by atoms with Crippen LogP contribution in [-0.2, 0) is 6.54 Å². The maximum atomic E-state index is 5.36. The standard InChI is InChI=1S/C14H18N4O/c1-18(12-6-7-16-14(9-12)17-15)10-11-4-3-5-13(8-11)19-2/h3-9H,10,15H2,1-2H3,(H,16,17). The third-order valence-electron chi connectivity index (χ3n) is 2.89. The van der Waals surface area contributed by atoms with Crippen molar-refractivity contribution in [3.05, 3.63) is 48.2 Å². The summed E-state index contributed by atoms with van der Waals surface area (Å²) < 4.78 is 5.22. The molecule has 1 aromatic heterocycles. The van der Waals surface area contributed by atoms with E-state index >= 15 is 0 Å². The third kappa shape index (κ3) is 3.35. The zero-order valence-electron chi connectivity index (χ0n) is 11.1. The lowest BCUT2D eigenvalue weighted by molar-refractivity contribution is 0.414. The average molecular weight is 258 g/mol. The van der Waals surface area contributed by atoms with E-state index < -0.39 is 0 Å². The number of anilines is 2. The highest BCUT2D eigenvalue weighted by Gasteiger charge is 2.04. The molecule has 3 N–H and O–H groups in total. The summed E-state index contributed by atoms with van der Waals surface area (Å²) in [5.74, 6) is 6.88. The number of nitrogens with one attached hydrogen (secondary N) is 1. The summed E-state index contributed by atoms with van der Waals surface area (Å²) in [5, 5.41) is 0. The molecule has 1 aromatic carbocycles. The summed E-state index contributed by atoms with van der Waals surface area (Å²) in [4.78, 5) is 6.21. The van der Waals surface area contributed by atoms with Crippen molar-refractivity contribution in [2.45, 2.75) is 6.54 Å². The maximum absolute atomic E-state index is 5.36. The molecule has 100 valence electrons. The highest BCUT2D eigenvalue weighted by molar-refractivity contribution is 5.53. The van der Waals surface area contributed by atoms with Crippen LogP contribution < -0.4 is 20.9 Å². The van der Waals surface area contributed by atoms with Gasteiger partial charge in [-0.2, -0.15) is 0 Å². The van der Waals surface area contributed by atoms with E-state index in [4.69, 9.17) is 10.6 Å². The van der Waals surface area contributed by atoms with Crippen molar-refractivity contribution in [2.24, 2.45) is 5.84 Å². The fraction of sp³-hybridized carbons (Fsp3) is 0.214. The molecule has 0 aliphatic rings. The molecule has 0 saturated heterocycles. The Morgan fingerprint density at radius 1 is 1.32 bits per heavy atom. The van der Waals surface area contributed by atoms with Crippen LogP contribution in [0.15, 0.2) is 42.6 Å². The number of hydrogen-bond donors (Lipinski definition) is 2. The summed E-state index contributed by atoms with van der Waals surface area (Å²) in [6, 6.07) is 11.9. The van der Waals surface area contributed by atoms with Crippen LogP contribution in [0.1, 0.15) is 5.56 Å². The fourth-order valence-corrected chi connectivity index (χ4v) is 1.87. The minimum Gasteiger partial charge on any atom is -0.497 e. The summed E-state index contributed by atoms with van der Waals surface area (Å²) >= 11 is 0. The fourth-order valence-electron chi connectivity index (χ4n) is 1.87. The van der Waals surface area contributed by atoms with E-state index in [0.717, 1.165) is 18.0 Å². The van der Waals surface area contributed by atoms with E-state index in [2.05, 4.69) is 21.4 Å². The molecule has 0 saturated carbocycles. The van der Waals surface area contributed by atoms with Gasteiger partial charge in [0.15, 0.2) is 0 Å². The molecule has 0 amide bonds. The van der Waals surface area contributed by atoms with E-state index in [1.165, 1.54) is 5.56 Å². The van der Waals surface area contributed by atoms with Gasteiger partial charge in [-0.05, 0) is 23.8 Å². The Labute approximate surface area is 113 Å². The molecule has 5 nitrogen and oxygen atoms in total. The second-order valence-electron chi connectivity index (χ2n) is 4.25. The summed E-state index contributed by atoms with van der Waals surface area (Å²) in [6.07, 6.45) is 1.73. The van der Waals surface area contributed by atoms with Gasteiger partial charge in [-0.25, -0.2) is 10.8 Å². The first-order valence-electron chi connectivity index (χ1n) is 5.99. The molecule has 0 fully saturated rings. The van der Waals surface area contributed by atoms with Crippen LogP contribution in [0.4, 0.5) is 11.5 Å². The van der Waals surface area contributed by atoms with E-state index in [1.54, 1.807) is 13.3 Å². The number of hydrazine groups is 1. The largest absolute Gasteiger partial charge is 0.497 e. The molecule has 0 bridgehead atoms. The number of rotatable bonds is 5. The van der Waals surface area contributed by atoms with Crippen molar-refractivity contribution >= 4 is 11.5 Å². The number of aromatic nitrogens is 1. The van der Waals surface area contributed by atoms with Crippen LogP contribution in [0.5, 0.6) is 5.75 Å². The first-order chi connectivity index (χ1) is 9.22. The zero-order valence-corrected chi connectivity index (χ0v) is 11.1. The molecule has 1 heterocycles. The number of benzene rings is 1. The Kier molecular flexibility index (Phi) is 4.20. The summed E-state index contributed by atoms with van der Waals surface area (Å²) in [5.41, 5.74) is 4.77. The SMILES string of the molecule is COc1cccc(CN(C)c2ccnc(NN)c2)c1. The topological polar surface area (TPSA) is 63.4 Å². The van der Waals surface area contributed by atoms with Gasteiger partial charge in [-0.15, -0.1) is 0 Å². The quantitative estimate of drug-likeness (QED) is 0.634. The van der Waals surface area contributed by atoms with Gasteiger partial charge in [0.05, 0.1) is 7.11 Å². The second kappa shape index (κ2) is 6.06. The lowest BCUT2D eigenvalue weighted by atomic mass is 10.2. The number of ether oxygens (including phenoxy) is 1. The molecular formula is C14H18N4O. The Hall–Kier alpha value is -2.27. The second-order valence-corrected chi connectivity index (χ2v) is 4.25. The van der Waals surface area contributed by atoms with E-state index in [1.807, 2.05) is 37.4 Å². The number of nitrogens with zero attached hydrogens (tertiary/aromatic N) is 2. The van der Waals surface area contributed by atoms with Crippen LogP contribution in [-0.4, -0.2) is 19.1 Å². The van der Waals surface area contributed by atoms with Crippen LogP contribution in [0, 0.1) is 0 Å². The minimum atomic E-state index is 0.648. The summed E-state index contributed by atoms with van der Waals surface area (Å²) in [6.45, 7) is 0.783. The molecule has 2 rings (SSSR count). The van der Waals surface area contributed by atoms with Crippen molar-refractivity contribution in [3.8, 4) is 5.75 Å². The van der Waals surface area contributed by atoms with Gasteiger partial charge in [0, 0.05) is 31.5 Å². The van der Waals surface area contributed by atoms with E-state index in [9.17, 15) is 0 Å². The van der Waals surface area contributed by atoms with Crippen molar-refractivity contribution in [1.29, 1.82) is 0 Å². The highest BCUT2D eigenvalue weighted by atomic mass is 16.5. The van der Waals surface area contributed by atoms with Crippen LogP contribution in [0.25, 0.3) is 0 Å². The lowest BCUT2D eigenvalue weighted by Crippen LogP contribution is -2.17. The molecule has 0 spiro atoms. The first-order valence-corrected chi connectivity index (χ1v) is 5.99. The Bertz CT molecular complexity index is 544. The van der Waals surface area contributed by atoms with Gasteiger partial charge in [0.2, 0.25) is 0 Å². The minimum absolute atomic E-state index is 0.648. The normalized spacial score (nSPS) is 10.1. The van der Waals surface area contributed by atoms with Crippen LogP contribution >= 0.6 is 0 Å². The Morgan fingerprint density at radius 3 is 2.89 bits per heavy atom. The van der Waals surface area contributed by atoms with Crippen molar-refractivity contribution in [1.82, 2.24) is 4.98 Å². The molecule has 0 radical (unpaired) electrons. The van der Waals surface area contributed by atoms with E-state index in [-0.39, 0.29) is 0 Å². The van der Waals surface area contributed by atoms with Crippen molar-refractivity contribution in [2.75, 3.05) is 24.5 Å². The predicted molar refractivity (Wildman–Crippen MR) is 77.1 cm³/mol. The Morgan fingerprint density at radius 2 is 2.16 bits per heavy atom. The lowest BCUT2D eigenvalue weighted by Gasteiger charge is -2.20. The van der Waals surface area contributed by atoms with Gasteiger partial charge >= 0.3 is 0 Å². The smallest absolute Gasteiger partial charge is 0.141 e. The van der Waals surface area contributed by atoms with Crippen LogP contribution in [0.2, 0.25) is 0 Å². The molecule has 5 heteroatoms. The average Bonchev–Trinajstić information content (AvgIpc) is 2.47. The van der Waals surface area contributed by atoms with E-state index in [0.29, 0.717) is 5.82 Å². The van der Waals surface area contributed by atoms with Gasteiger partial charge < -0.3 is 15.1 Å². The molecule has 19 heavy (non-hydrogen) atoms.